The van der Waals surface area contributed by atoms with E-state index in [1.54, 1.807) is 6.92 Å². The average molecular weight is 388 g/mol. The second-order valence-electron chi connectivity index (χ2n) is 7.11. The van der Waals surface area contributed by atoms with E-state index in [0.717, 1.165) is 42.3 Å². The lowest BCUT2D eigenvalue weighted by Gasteiger charge is -2.24. The summed E-state index contributed by atoms with van der Waals surface area (Å²) in [6.07, 6.45) is 4.67. The Morgan fingerprint density at radius 3 is 2.89 bits per heavy atom. The van der Waals surface area contributed by atoms with Crippen molar-refractivity contribution in [1.29, 1.82) is 0 Å². The van der Waals surface area contributed by atoms with Crippen LogP contribution in [-0.2, 0) is 30.2 Å². The van der Waals surface area contributed by atoms with E-state index in [2.05, 4.69) is 10.3 Å². The Balaban J connectivity index is 1.59. The zero-order valence-corrected chi connectivity index (χ0v) is 16.4. The molecule has 2 aromatic rings. The van der Waals surface area contributed by atoms with E-state index in [-0.39, 0.29) is 12.0 Å². The number of aromatic nitrogens is 1. The highest BCUT2D eigenvalue weighted by Crippen LogP contribution is 2.19. The Kier molecular flexibility index (Phi) is 7.06. The van der Waals surface area contributed by atoms with Crippen LogP contribution in [0.5, 0.6) is 0 Å². The number of carbonyl (C=O) groups excluding carboxylic acids is 2. The Morgan fingerprint density at radius 2 is 2.14 bits per heavy atom. The van der Waals surface area contributed by atoms with Crippen LogP contribution in [0, 0.1) is 0 Å². The summed E-state index contributed by atoms with van der Waals surface area (Å²) in [6, 6.07) is 7.04. The van der Waals surface area contributed by atoms with E-state index in [9.17, 15) is 9.59 Å². The summed E-state index contributed by atoms with van der Waals surface area (Å²) in [5, 5.41) is 3.78. The molecule has 1 aromatic carbocycles. The number of fused-ring (bicyclic) bond motifs is 1. The van der Waals surface area contributed by atoms with Crippen LogP contribution in [0.15, 0.2) is 30.5 Å². The normalized spacial score (nSPS) is 19.1. The Labute approximate surface area is 164 Å². The molecule has 0 aliphatic carbocycles. The molecule has 0 radical (unpaired) electrons. The van der Waals surface area contributed by atoms with Gasteiger partial charge in [-0.15, -0.1) is 0 Å². The van der Waals surface area contributed by atoms with Gasteiger partial charge in [0.15, 0.2) is 0 Å². The van der Waals surface area contributed by atoms with E-state index in [1.165, 1.54) is 7.11 Å². The van der Waals surface area contributed by atoms with Gasteiger partial charge in [-0.05, 0) is 37.8 Å². The van der Waals surface area contributed by atoms with Crippen LogP contribution < -0.4 is 5.32 Å². The molecule has 7 nitrogen and oxygen atoms in total. The first-order chi connectivity index (χ1) is 13.6. The predicted octanol–water partition coefficient (Wildman–Crippen LogP) is 2.34. The molecule has 3 atom stereocenters. The van der Waals surface area contributed by atoms with Crippen LogP contribution in [0.4, 0.5) is 0 Å². The highest BCUT2D eigenvalue weighted by molar-refractivity contribution is 5.88. The van der Waals surface area contributed by atoms with E-state index >= 15 is 0 Å². The number of carbonyl (C=O) groups is 2. The minimum absolute atomic E-state index is 0.0339. The third kappa shape index (κ3) is 5.11. The SMILES string of the molecule is COC(=O)[C@@H](Cc1c[nH]c2ccccc12)NC(=O)C(C)OCC1CCCCO1. The lowest BCUT2D eigenvalue weighted by atomic mass is 10.0. The molecule has 28 heavy (non-hydrogen) atoms. The summed E-state index contributed by atoms with van der Waals surface area (Å²) in [5.74, 6) is -0.826. The number of rotatable bonds is 8. The molecule has 1 aliphatic heterocycles. The maximum atomic E-state index is 12.5. The van der Waals surface area contributed by atoms with Crippen LogP contribution in [0.25, 0.3) is 10.9 Å². The van der Waals surface area contributed by atoms with Crippen LogP contribution in [-0.4, -0.2) is 55.4 Å². The fourth-order valence-corrected chi connectivity index (χ4v) is 3.41. The number of H-pyrrole nitrogens is 1. The molecule has 0 saturated carbocycles. The van der Waals surface area contributed by atoms with Gasteiger partial charge in [-0.2, -0.15) is 0 Å². The van der Waals surface area contributed by atoms with Crippen LogP contribution in [0.1, 0.15) is 31.7 Å². The van der Waals surface area contributed by atoms with E-state index < -0.39 is 18.1 Å². The van der Waals surface area contributed by atoms with Crippen LogP contribution in [0.3, 0.4) is 0 Å². The van der Waals surface area contributed by atoms with Gasteiger partial charge >= 0.3 is 5.97 Å². The summed E-state index contributed by atoms with van der Waals surface area (Å²) in [7, 11) is 1.32. The number of nitrogens with one attached hydrogen (secondary N) is 2. The lowest BCUT2D eigenvalue weighted by Crippen LogP contribution is -2.47. The number of hydrogen-bond acceptors (Lipinski definition) is 5. The number of benzene rings is 1. The number of amides is 1. The standard InChI is InChI=1S/C21H28N2O5/c1-14(28-13-16-7-5-6-10-27-16)20(24)23-19(21(25)26-2)11-15-12-22-18-9-4-3-8-17(15)18/h3-4,8-9,12,14,16,19,22H,5-7,10-11,13H2,1-2H3,(H,23,24)/t14?,16?,19-/m1/s1. The molecular formula is C21H28N2O5. The topological polar surface area (TPSA) is 89.7 Å². The van der Waals surface area contributed by atoms with Crippen molar-refractivity contribution in [3.8, 4) is 0 Å². The third-order valence-electron chi connectivity index (χ3n) is 5.08. The molecule has 1 aromatic heterocycles. The Morgan fingerprint density at radius 1 is 1.32 bits per heavy atom. The van der Waals surface area contributed by atoms with Gasteiger partial charge in [-0.25, -0.2) is 4.79 Å². The van der Waals surface area contributed by atoms with E-state index in [1.807, 2.05) is 30.5 Å². The smallest absolute Gasteiger partial charge is 0.328 e. The van der Waals surface area contributed by atoms with Crippen molar-refractivity contribution >= 4 is 22.8 Å². The molecule has 1 saturated heterocycles. The van der Waals surface area contributed by atoms with Gasteiger partial charge in [0.1, 0.15) is 12.1 Å². The molecule has 2 N–H and O–H groups in total. The molecule has 1 fully saturated rings. The molecule has 1 amide bonds. The maximum absolute atomic E-state index is 12.5. The second kappa shape index (κ2) is 9.71. The van der Waals surface area contributed by atoms with Crippen molar-refractivity contribution in [3.05, 3.63) is 36.0 Å². The third-order valence-corrected chi connectivity index (χ3v) is 5.08. The van der Waals surface area contributed by atoms with Crippen LogP contribution in [0.2, 0.25) is 0 Å². The quantitative estimate of drug-likeness (QED) is 0.678. The zero-order chi connectivity index (χ0) is 19.9. The molecule has 1 aliphatic rings. The summed E-state index contributed by atoms with van der Waals surface area (Å²) < 4.78 is 16.2. The summed E-state index contributed by atoms with van der Waals surface area (Å²) in [6.45, 7) is 2.79. The van der Waals surface area contributed by atoms with Crippen molar-refractivity contribution in [1.82, 2.24) is 10.3 Å². The molecule has 2 unspecified atom stereocenters. The summed E-state index contributed by atoms with van der Waals surface area (Å²) >= 11 is 0. The highest BCUT2D eigenvalue weighted by Gasteiger charge is 2.26. The molecule has 152 valence electrons. The number of methoxy groups -OCH3 is 1. The van der Waals surface area contributed by atoms with Gasteiger partial charge in [0, 0.05) is 30.1 Å². The van der Waals surface area contributed by atoms with Crippen molar-refractivity contribution in [2.24, 2.45) is 0 Å². The van der Waals surface area contributed by atoms with E-state index in [0.29, 0.717) is 13.0 Å². The first kappa shape index (κ1) is 20.4. The average Bonchev–Trinajstić information content (AvgIpc) is 3.14. The lowest BCUT2D eigenvalue weighted by molar-refractivity contribution is -0.147. The van der Waals surface area contributed by atoms with Crippen molar-refractivity contribution < 1.29 is 23.8 Å². The minimum atomic E-state index is -0.784. The van der Waals surface area contributed by atoms with E-state index in [4.69, 9.17) is 14.2 Å². The largest absolute Gasteiger partial charge is 0.467 e. The van der Waals surface area contributed by atoms with Gasteiger partial charge in [-0.1, -0.05) is 18.2 Å². The number of esters is 1. The first-order valence-electron chi connectivity index (χ1n) is 9.75. The summed E-state index contributed by atoms with van der Waals surface area (Å²) in [5.41, 5.74) is 1.92. The first-order valence-corrected chi connectivity index (χ1v) is 9.75. The van der Waals surface area contributed by atoms with Gasteiger partial charge in [0.2, 0.25) is 5.91 Å². The number of ether oxygens (including phenoxy) is 3. The molecular weight excluding hydrogens is 360 g/mol. The summed E-state index contributed by atoms with van der Waals surface area (Å²) in [4.78, 5) is 28.0. The van der Waals surface area contributed by atoms with Crippen LogP contribution >= 0.6 is 0 Å². The predicted molar refractivity (Wildman–Crippen MR) is 105 cm³/mol. The van der Waals surface area contributed by atoms with Gasteiger partial charge in [0.05, 0.1) is 19.8 Å². The van der Waals surface area contributed by atoms with Crippen molar-refractivity contribution in [2.75, 3.05) is 20.3 Å². The number of para-hydroxylation sites is 1. The molecule has 7 heteroatoms. The number of aromatic amines is 1. The van der Waals surface area contributed by atoms with Gasteiger partial charge in [-0.3, -0.25) is 4.79 Å². The van der Waals surface area contributed by atoms with Gasteiger partial charge < -0.3 is 24.5 Å². The molecule has 0 bridgehead atoms. The van der Waals surface area contributed by atoms with Crippen molar-refractivity contribution in [3.63, 3.8) is 0 Å². The molecule has 0 spiro atoms. The fourth-order valence-electron chi connectivity index (χ4n) is 3.41. The second-order valence-corrected chi connectivity index (χ2v) is 7.11. The fraction of sp³-hybridized carbons (Fsp3) is 0.524. The number of hydrogen-bond donors (Lipinski definition) is 2. The van der Waals surface area contributed by atoms with Gasteiger partial charge in [0.25, 0.3) is 0 Å². The Hall–Kier alpha value is -2.38. The Bertz CT molecular complexity index is 797. The molecule has 2 heterocycles. The monoisotopic (exact) mass is 388 g/mol. The zero-order valence-electron chi connectivity index (χ0n) is 16.4. The van der Waals surface area contributed by atoms with Crippen molar-refractivity contribution in [2.45, 2.75) is 50.9 Å². The maximum Gasteiger partial charge on any atom is 0.328 e. The highest BCUT2D eigenvalue weighted by atomic mass is 16.5. The minimum Gasteiger partial charge on any atom is -0.467 e. The molecule has 3 rings (SSSR count).